The van der Waals surface area contributed by atoms with Gasteiger partial charge in [0.25, 0.3) is 0 Å². The molecule has 0 saturated heterocycles. The smallest absolute Gasteiger partial charge is 0.0345 e. The van der Waals surface area contributed by atoms with Crippen molar-refractivity contribution in [3.8, 4) is 0 Å². The number of hydrogen-bond acceptors (Lipinski definition) is 3. The summed E-state index contributed by atoms with van der Waals surface area (Å²) in [5.41, 5.74) is 10.8. The Morgan fingerprint density at radius 1 is 1.16 bits per heavy atom. The molecule has 1 fully saturated rings. The van der Waals surface area contributed by atoms with Crippen molar-refractivity contribution < 1.29 is 0 Å². The third kappa shape index (κ3) is 2.53. The van der Waals surface area contributed by atoms with E-state index in [1.807, 2.05) is 11.3 Å². The van der Waals surface area contributed by atoms with Crippen LogP contribution in [0.25, 0.3) is 10.1 Å². The summed E-state index contributed by atoms with van der Waals surface area (Å²) in [4.78, 5) is 3.95. The van der Waals surface area contributed by atoms with Crippen LogP contribution in [0, 0.1) is 0 Å². The van der Waals surface area contributed by atoms with Crippen LogP contribution < -0.4 is 5.73 Å². The highest BCUT2D eigenvalue weighted by Gasteiger charge is 2.43. The molecule has 1 unspecified atom stereocenters. The van der Waals surface area contributed by atoms with Crippen molar-refractivity contribution >= 4 is 21.4 Å². The van der Waals surface area contributed by atoms with Crippen LogP contribution in [-0.2, 0) is 12.0 Å². The molecule has 1 aromatic heterocycles. The van der Waals surface area contributed by atoms with Crippen LogP contribution in [-0.4, -0.2) is 25.0 Å². The second-order valence-corrected chi connectivity index (χ2v) is 8.95. The van der Waals surface area contributed by atoms with Gasteiger partial charge in [-0.2, -0.15) is 0 Å². The number of likely N-dealkylation sites (N-methyl/N-ethyl adjacent to an activating group) is 1. The monoisotopic (exact) mass is 348 g/mol. The molecule has 2 N–H and O–H groups in total. The minimum absolute atomic E-state index is 0.276. The lowest BCUT2D eigenvalue weighted by atomic mass is 9.85. The van der Waals surface area contributed by atoms with E-state index in [9.17, 15) is 0 Å². The zero-order chi connectivity index (χ0) is 17.0. The number of benzene rings is 2. The second-order valence-electron chi connectivity index (χ2n) is 7.83. The Labute approximate surface area is 153 Å². The lowest BCUT2D eigenvalue weighted by molar-refractivity contribution is 0.296. The molecule has 0 bridgehead atoms. The molecule has 25 heavy (non-hydrogen) atoms. The minimum Gasteiger partial charge on any atom is -0.330 e. The van der Waals surface area contributed by atoms with Gasteiger partial charge in [-0.1, -0.05) is 36.4 Å². The maximum Gasteiger partial charge on any atom is 0.0345 e. The summed E-state index contributed by atoms with van der Waals surface area (Å²) < 4.78 is 1.39. The van der Waals surface area contributed by atoms with Gasteiger partial charge in [-0.15, -0.1) is 11.3 Å². The lowest BCUT2D eigenvalue weighted by Gasteiger charge is -2.32. The molecular weight excluding hydrogens is 324 g/mol. The maximum absolute atomic E-state index is 6.06. The van der Waals surface area contributed by atoms with Gasteiger partial charge in [0.2, 0.25) is 0 Å². The highest BCUT2D eigenvalue weighted by Crippen LogP contribution is 2.48. The molecule has 1 aliphatic carbocycles. The van der Waals surface area contributed by atoms with Crippen LogP contribution >= 0.6 is 11.3 Å². The largest absolute Gasteiger partial charge is 0.330 e. The number of fused-ring (bicyclic) bond motifs is 2. The van der Waals surface area contributed by atoms with E-state index < -0.39 is 0 Å². The van der Waals surface area contributed by atoms with Crippen LogP contribution in [0.2, 0.25) is 0 Å². The molecule has 1 aliphatic heterocycles. The Morgan fingerprint density at radius 3 is 2.76 bits per heavy atom. The number of thiophene rings is 1. The molecule has 2 aromatic carbocycles. The first-order valence-electron chi connectivity index (χ1n) is 9.19. The maximum atomic E-state index is 6.06. The molecule has 0 amide bonds. The van der Waals surface area contributed by atoms with Crippen molar-refractivity contribution in [3.05, 3.63) is 70.1 Å². The number of nitrogens with two attached hydrogens (primary N) is 1. The summed E-state index contributed by atoms with van der Waals surface area (Å²) in [6.45, 7) is 2.92. The van der Waals surface area contributed by atoms with E-state index in [2.05, 4.69) is 60.5 Å². The zero-order valence-electron chi connectivity index (χ0n) is 14.7. The van der Waals surface area contributed by atoms with Crippen molar-refractivity contribution in [3.63, 3.8) is 0 Å². The van der Waals surface area contributed by atoms with Crippen LogP contribution in [0.4, 0.5) is 0 Å². The fourth-order valence-electron chi connectivity index (χ4n) is 4.36. The molecule has 1 atom stereocenters. The van der Waals surface area contributed by atoms with Gasteiger partial charge in [-0.05, 0) is 54.1 Å². The van der Waals surface area contributed by atoms with E-state index >= 15 is 0 Å². The Kier molecular flexibility index (Phi) is 3.53. The van der Waals surface area contributed by atoms with Gasteiger partial charge < -0.3 is 10.6 Å². The van der Waals surface area contributed by atoms with Gasteiger partial charge in [-0.25, -0.2) is 0 Å². The van der Waals surface area contributed by atoms with Gasteiger partial charge >= 0.3 is 0 Å². The normalized spacial score (nSPS) is 22.1. The third-order valence-electron chi connectivity index (χ3n) is 6.10. The molecule has 0 radical (unpaired) electrons. The highest BCUT2D eigenvalue weighted by atomic mass is 32.1. The number of hydrogen-bond donors (Lipinski definition) is 1. The fourth-order valence-corrected chi connectivity index (χ4v) is 5.53. The van der Waals surface area contributed by atoms with E-state index in [-0.39, 0.29) is 5.41 Å². The SMILES string of the molecule is CN1Cc2cc(C3(CN)CC3)ccc2C(c2cc3ccccc3s2)C1. The second kappa shape index (κ2) is 5.66. The van der Waals surface area contributed by atoms with Crippen molar-refractivity contribution in [2.24, 2.45) is 5.73 Å². The quantitative estimate of drug-likeness (QED) is 0.757. The summed E-state index contributed by atoms with van der Waals surface area (Å²) in [6.07, 6.45) is 2.50. The standard InChI is InChI=1S/C22H24N2S/c1-24-12-16-10-17(22(14-23)8-9-22)6-7-18(16)19(13-24)21-11-15-4-2-3-5-20(15)25-21/h2-7,10-11,19H,8-9,12-14,23H2,1H3. The molecule has 0 spiro atoms. The van der Waals surface area contributed by atoms with Crippen LogP contribution in [0.5, 0.6) is 0 Å². The van der Waals surface area contributed by atoms with Crippen LogP contribution in [0.15, 0.2) is 48.5 Å². The summed E-state index contributed by atoms with van der Waals surface area (Å²) >= 11 is 1.95. The first kappa shape index (κ1) is 15.6. The van der Waals surface area contributed by atoms with Crippen molar-refractivity contribution in [2.75, 3.05) is 20.1 Å². The van der Waals surface area contributed by atoms with Crippen molar-refractivity contribution in [1.29, 1.82) is 0 Å². The first-order valence-corrected chi connectivity index (χ1v) is 10.0. The lowest BCUT2D eigenvalue weighted by Crippen LogP contribution is -2.31. The Morgan fingerprint density at radius 2 is 2.00 bits per heavy atom. The first-order chi connectivity index (χ1) is 12.2. The van der Waals surface area contributed by atoms with Gasteiger partial charge in [0, 0.05) is 40.5 Å². The van der Waals surface area contributed by atoms with E-state index in [1.54, 1.807) is 0 Å². The highest BCUT2D eigenvalue weighted by molar-refractivity contribution is 7.19. The van der Waals surface area contributed by atoms with Gasteiger partial charge in [0.1, 0.15) is 0 Å². The average molecular weight is 349 g/mol. The zero-order valence-corrected chi connectivity index (χ0v) is 15.5. The molecule has 2 heterocycles. The van der Waals surface area contributed by atoms with Crippen molar-refractivity contribution in [2.45, 2.75) is 30.7 Å². The predicted molar refractivity (Wildman–Crippen MR) is 106 cm³/mol. The molecule has 1 saturated carbocycles. The van der Waals surface area contributed by atoms with Gasteiger partial charge in [-0.3, -0.25) is 0 Å². The number of rotatable bonds is 3. The van der Waals surface area contributed by atoms with E-state index in [1.165, 1.54) is 44.5 Å². The molecule has 2 nitrogen and oxygen atoms in total. The summed E-state index contributed by atoms with van der Waals surface area (Å²) in [5, 5.41) is 1.37. The van der Waals surface area contributed by atoms with Crippen molar-refractivity contribution in [1.82, 2.24) is 4.90 Å². The van der Waals surface area contributed by atoms with Crippen LogP contribution in [0.1, 0.15) is 40.3 Å². The Balaban J connectivity index is 1.58. The van der Waals surface area contributed by atoms with Gasteiger partial charge in [0.05, 0.1) is 0 Å². The summed E-state index contributed by atoms with van der Waals surface area (Å²) in [7, 11) is 2.24. The molecule has 3 aromatic rings. The summed E-state index contributed by atoms with van der Waals surface area (Å²) in [5.74, 6) is 0.480. The summed E-state index contributed by atoms with van der Waals surface area (Å²) in [6, 6.07) is 18.3. The molecule has 5 rings (SSSR count). The Bertz CT molecular complexity index is 905. The number of nitrogens with zero attached hydrogens (tertiary/aromatic N) is 1. The molecule has 128 valence electrons. The minimum atomic E-state index is 0.276. The van der Waals surface area contributed by atoms with Crippen LogP contribution in [0.3, 0.4) is 0 Å². The van der Waals surface area contributed by atoms with E-state index in [0.29, 0.717) is 5.92 Å². The predicted octanol–water partition coefficient (Wildman–Crippen LogP) is 4.47. The van der Waals surface area contributed by atoms with E-state index in [0.717, 1.165) is 19.6 Å². The molecular formula is C22H24N2S. The average Bonchev–Trinajstić information content (AvgIpc) is 3.32. The molecule has 2 aliphatic rings. The topological polar surface area (TPSA) is 29.3 Å². The third-order valence-corrected chi connectivity index (χ3v) is 7.33. The Hall–Kier alpha value is -1.68. The fraction of sp³-hybridized carbons (Fsp3) is 0.364. The van der Waals surface area contributed by atoms with Gasteiger partial charge in [0.15, 0.2) is 0 Å². The van der Waals surface area contributed by atoms with E-state index in [4.69, 9.17) is 5.73 Å². The molecule has 3 heteroatoms.